The summed E-state index contributed by atoms with van der Waals surface area (Å²) in [5.74, 6) is 0.274. The van der Waals surface area contributed by atoms with Crippen molar-refractivity contribution in [2.45, 2.75) is 50.6 Å². The molecule has 0 radical (unpaired) electrons. The van der Waals surface area contributed by atoms with Crippen molar-refractivity contribution in [2.24, 2.45) is 0 Å². The average molecular weight is 427 g/mol. The molecule has 1 amide bonds. The minimum absolute atomic E-state index is 0.0178. The molecule has 12 heteroatoms. The van der Waals surface area contributed by atoms with Gasteiger partial charge in [-0.05, 0) is 20.3 Å². The molecule has 0 unspecified atom stereocenters. The van der Waals surface area contributed by atoms with E-state index in [9.17, 15) is 13.2 Å². The molecule has 3 aromatic heterocycles. The second kappa shape index (κ2) is 7.87. The first-order valence-electron chi connectivity index (χ1n) is 8.93. The molecule has 0 aliphatic rings. The summed E-state index contributed by atoms with van der Waals surface area (Å²) < 4.78 is 34.9. The Morgan fingerprint density at radius 1 is 1.29 bits per heavy atom. The number of hydrogen-bond acceptors (Lipinski definition) is 8. The van der Waals surface area contributed by atoms with Gasteiger partial charge in [0.25, 0.3) is 20.9 Å². The van der Waals surface area contributed by atoms with Crippen LogP contribution in [0.1, 0.15) is 38.7 Å². The van der Waals surface area contributed by atoms with Crippen molar-refractivity contribution in [1.29, 1.82) is 0 Å². The van der Waals surface area contributed by atoms with Gasteiger partial charge in [0.1, 0.15) is 10.7 Å². The number of nitrogens with zero attached hydrogens (tertiary/aromatic N) is 5. The largest absolute Gasteiger partial charge is 0.476 e. The zero-order chi connectivity index (χ0) is 20.5. The third-order valence-corrected chi connectivity index (χ3v) is 6.64. The van der Waals surface area contributed by atoms with Gasteiger partial charge in [0.05, 0.1) is 12.3 Å². The van der Waals surface area contributed by atoms with E-state index in [-0.39, 0.29) is 16.6 Å². The van der Waals surface area contributed by atoms with Gasteiger partial charge < -0.3 is 10.1 Å². The van der Waals surface area contributed by atoms with Gasteiger partial charge in [-0.1, -0.05) is 13.8 Å². The second-order valence-electron chi connectivity index (χ2n) is 5.99. The van der Waals surface area contributed by atoms with E-state index in [1.165, 1.54) is 15.9 Å². The lowest BCUT2D eigenvalue weighted by molar-refractivity contribution is 0.239. The lowest BCUT2D eigenvalue weighted by atomic mass is 10.5. The lowest BCUT2D eigenvalue weighted by Gasteiger charge is -2.03. The van der Waals surface area contributed by atoms with Gasteiger partial charge in [0.2, 0.25) is 0 Å². The highest BCUT2D eigenvalue weighted by molar-refractivity contribution is 7.91. The van der Waals surface area contributed by atoms with E-state index in [0.717, 1.165) is 10.4 Å². The third-order valence-electron chi connectivity index (χ3n) is 3.89. The SMILES string of the molecule is CCCOc1nn2c(C)csc2c1S(=O)(=O)c1nc(CC)n(C(=O)NCC)n1. The summed E-state index contributed by atoms with van der Waals surface area (Å²) in [5.41, 5.74) is 0.790. The lowest BCUT2D eigenvalue weighted by Crippen LogP contribution is -2.30. The number of sulfone groups is 1. The van der Waals surface area contributed by atoms with Crippen LogP contribution in [0, 0.1) is 6.92 Å². The molecule has 3 aromatic rings. The fourth-order valence-corrected chi connectivity index (χ4v) is 5.15. The molecular weight excluding hydrogens is 404 g/mol. The highest BCUT2D eigenvalue weighted by Crippen LogP contribution is 2.35. The molecule has 0 atom stereocenters. The van der Waals surface area contributed by atoms with Crippen LogP contribution in [0.15, 0.2) is 15.4 Å². The van der Waals surface area contributed by atoms with E-state index >= 15 is 0 Å². The first-order chi connectivity index (χ1) is 13.3. The molecule has 0 saturated carbocycles. The minimum atomic E-state index is -4.15. The number of hydrogen-bond donors (Lipinski definition) is 1. The molecule has 1 N–H and O–H groups in total. The average Bonchev–Trinajstić information content (AvgIpc) is 3.34. The Bertz CT molecular complexity index is 1110. The molecule has 0 bridgehead atoms. The fourth-order valence-electron chi connectivity index (χ4n) is 2.57. The zero-order valence-corrected chi connectivity index (χ0v) is 17.7. The molecule has 0 spiro atoms. The molecular formula is C16H22N6O4S2. The van der Waals surface area contributed by atoms with E-state index in [2.05, 4.69) is 20.5 Å². The van der Waals surface area contributed by atoms with E-state index in [1.807, 2.05) is 19.2 Å². The van der Waals surface area contributed by atoms with Crippen molar-refractivity contribution in [3.05, 3.63) is 16.9 Å². The zero-order valence-electron chi connectivity index (χ0n) is 16.1. The van der Waals surface area contributed by atoms with E-state index in [4.69, 9.17) is 4.74 Å². The monoisotopic (exact) mass is 426 g/mol. The molecule has 3 heterocycles. The summed E-state index contributed by atoms with van der Waals surface area (Å²) in [6.45, 7) is 7.99. The Hall–Kier alpha value is -2.47. The Balaban J connectivity index is 2.17. The summed E-state index contributed by atoms with van der Waals surface area (Å²) in [6.07, 6.45) is 1.05. The smallest absolute Gasteiger partial charge is 0.343 e. The minimum Gasteiger partial charge on any atom is -0.476 e. The molecule has 28 heavy (non-hydrogen) atoms. The van der Waals surface area contributed by atoms with Crippen LogP contribution >= 0.6 is 11.3 Å². The maximum atomic E-state index is 13.4. The standard InChI is InChI=1S/C16H22N6O4S2/c1-5-8-26-13-12(14-21(19-13)10(4)9-27-14)28(24,25)15-18-11(6-2)22(20-15)16(23)17-7-3/h9H,5-8H2,1-4H3,(H,17,23). The third kappa shape index (κ3) is 3.37. The van der Waals surface area contributed by atoms with E-state index < -0.39 is 21.0 Å². The van der Waals surface area contributed by atoms with Crippen molar-refractivity contribution in [2.75, 3.05) is 13.2 Å². The van der Waals surface area contributed by atoms with Crippen LogP contribution in [-0.2, 0) is 16.3 Å². The highest BCUT2D eigenvalue weighted by Gasteiger charge is 2.34. The van der Waals surface area contributed by atoms with Gasteiger partial charge in [0.15, 0.2) is 4.90 Å². The quantitative estimate of drug-likeness (QED) is 0.614. The normalized spacial score (nSPS) is 11.9. The maximum absolute atomic E-state index is 13.4. The van der Waals surface area contributed by atoms with Crippen molar-refractivity contribution in [1.82, 2.24) is 29.7 Å². The number of carbonyl (C=O) groups excluding carboxylic acids is 1. The van der Waals surface area contributed by atoms with Crippen LogP contribution in [-0.4, -0.2) is 52.0 Å². The van der Waals surface area contributed by atoms with Gasteiger partial charge in [-0.15, -0.1) is 21.5 Å². The summed E-state index contributed by atoms with van der Waals surface area (Å²) >= 11 is 1.25. The van der Waals surface area contributed by atoms with Gasteiger partial charge in [-0.25, -0.2) is 22.7 Å². The molecule has 0 aromatic carbocycles. The van der Waals surface area contributed by atoms with Crippen LogP contribution in [0.25, 0.3) is 4.83 Å². The van der Waals surface area contributed by atoms with Crippen LogP contribution in [0.5, 0.6) is 5.88 Å². The first kappa shape index (κ1) is 20.3. The molecule has 0 aliphatic heterocycles. The topological polar surface area (TPSA) is 120 Å². The van der Waals surface area contributed by atoms with Gasteiger partial charge >= 0.3 is 6.03 Å². The fraction of sp³-hybridized carbons (Fsp3) is 0.500. The van der Waals surface area contributed by atoms with E-state index in [0.29, 0.717) is 30.8 Å². The van der Waals surface area contributed by atoms with Gasteiger partial charge in [0, 0.05) is 18.3 Å². The van der Waals surface area contributed by atoms with Crippen molar-refractivity contribution < 1.29 is 17.9 Å². The number of aromatic nitrogens is 5. The van der Waals surface area contributed by atoms with E-state index in [1.54, 1.807) is 13.8 Å². The molecule has 3 rings (SSSR count). The van der Waals surface area contributed by atoms with Crippen molar-refractivity contribution >= 4 is 32.0 Å². The number of fused-ring (bicyclic) bond motifs is 1. The van der Waals surface area contributed by atoms with Gasteiger partial charge in [-0.3, -0.25) is 0 Å². The number of thiazole rings is 1. The summed E-state index contributed by atoms with van der Waals surface area (Å²) in [4.78, 5) is 16.7. The molecule has 0 saturated heterocycles. The second-order valence-corrected chi connectivity index (χ2v) is 8.63. The molecule has 152 valence electrons. The van der Waals surface area contributed by atoms with Crippen molar-refractivity contribution in [3.63, 3.8) is 0 Å². The van der Waals surface area contributed by atoms with Crippen LogP contribution < -0.4 is 10.1 Å². The Morgan fingerprint density at radius 2 is 2.04 bits per heavy atom. The Morgan fingerprint density at radius 3 is 2.68 bits per heavy atom. The number of ether oxygens (including phenoxy) is 1. The molecule has 10 nitrogen and oxygen atoms in total. The summed E-state index contributed by atoms with van der Waals surface area (Å²) in [7, 11) is -4.15. The van der Waals surface area contributed by atoms with Crippen molar-refractivity contribution in [3.8, 4) is 5.88 Å². The Labute approximate surface area is 166 Å². The number of carbonyl (C=O) groups is 1. The predicted octanol–water partition coefficient (Wildman–Crippen LogP) is 2.06. The van der Waals surface area contributed by atoms with Gasteiger partial charge in [-0.2, -0.15) is 4.68 Å². The molecule has 0 aliphatic carbocycles. The Kier molecular flexibility index (Phi) is 5.70. The number of amides is 1. The number of aryl methyl sites for hydroxylation is 2. The summed E-state index contributed by atoms with van der Waals surface area (Å²) in [6, 6.07) is -0.525. The van der Waals surface area contributed by atoms with Crippen LogP contribution in [0.2, 0.25) is 0 Å². The number of rotatable bonds is 7. The number of nitrogens with one attached hydrogen (secondary N) is 1. The highest BCUT2D eigenvalue weighted by atomic mass is 32.2. The summed E-state index contributed by atoms with van der Waals surface area (Å²) in [5, 5.41) is 12.2. The first-order valence-corrected chi connectivity index (χ1v) is 11.3. The van der Waals surface area contributed by atoms with Crippen LogP contribution in [0.4, 0.5) is 4.79 Å². The maximum Gasteiger partial charge on any atom is 0.343 e. The molecule has 0 fully saturated rings. The predicted molar refractivity (Wildman–Crippen MR) is 103 cm³/mol. The van der Waals surface area contributed by atoms with Crippen LogP contribution in [0.3, 0.4) is 0 Å².